The van der Waals surface area contributed by atoms with Crippen LogP contribution >= 0.6 is 12.4 Å². The fourth-order valence-electron chi connectivity index (χ4n) is 5.35. The van der Waals surface area contributed by atoms with Gasteiger partial charge in [0.1, 0.15) is 0 Å². The molecule has 2 aromatic carbocycles. The highest BCUT2D eigenvalue weighted by molar-refractivity contribution is 5.89. The Bertz CT molecular complexity index is 1450. The summed E-state index contributed by atoms with van der Waals surface area (Å²) in [6.07, 6.45) is 6.03. The minimum absolute atomic E-state index is 0. The van der Waals surface area contributed by atoms with Crippen molar-refractivity contribution in [3.63, 3.8) is 0 Å². The Morgan fingerprint density at radius 1 is 0.617 bits per heavy atom. The second-order valence-electron chi connectivity index (χ2n) is 10.3. The van der Waals surface area contributed by atoms with Crippen molar-refractivity contribution in [2.75, 3.05) is 81.9 Å². The van der Waals surface area contributed by atoms with Gasteiger partial charge in [-0.3, -0.25) is 14.5 Å². The number of benzene rings is 2. The van der Waals surface area contributed by atoms with E-state index in [9.17, 15) is 9.59 Å². The monoisotopic (exact) mass is 665 g/mol. The van der Waals surface area contributed by atoms with Crippen LogP contribution in [0.4, 0.5) is 0 Å². The van der Waals surface area contributed by atoms with Crippen LogP contribution < -0.4 is 28.4 Å². The van der Waals surface area contributed by atoms with E-state index in [1.807, 2.05) is 0 Å². The number of ether oxygens (including phenoxy) is 6. The van der Waals surface area contributed by atoms with E-state index >= 15 is 0 Å². The summed E-state index contributed by atoms with van der Waals surface area (Å²) < 4.78 is 32.2. The van der Waals surface area contributed by atoms with Gasteiger partial charge in [-0.1, -0.05) is 23.7 Å². The zero-order chi connectivity index (χ0) is 33.1. The van der Waals surface area contributed by atoms with Crippen LogP contribution in [0.2, 0.25) is 0 Å². The summed E-state index contributed by atoms with van der Waals surface area (Å²) in [6.45, 7) is 3.78. The number of halogens is 1. The summed E-state index contributed by atoms with van der Waals surface area (Å²) in [5.41, 5.74) is 1.32. The van der Waals surface area contributed by atoms with Crippen molar-refractivity contribution in [1.82, 2.24) is 14.7 Å². The maximum absolute atomic E-state index is 13.0. The van der Waals surface area contributed by atoms with Crippen LogP contribution in [0.1, 0.15) is 11.1 Å². The van der Waals surface area contributed by atoms with Gasteiger partial charge in [0.25, 0.3) is 0 Å². The van der Waals surface area contributed by atoms with E-state index in [2.05, 4.69) is 28.6 Å². The second-order valence-corrected chi connectivity index (χ2v) is 10.3. The minimum atomic E-state index is -0.121. The first kappa shape index (κ1) is 36.5. The second kappa shape index (κ2) is 17.7. The van der Waals surface area contributed by atoms with Crippen LogP contribution in [-0.2, 0) is 9.59 Å². The van der Waals surface area contributed by atoms with E-state index < -0.39 is 0 Å². The topological polar surface area (TPSA) is 99.2 Å². The zero-order valence-corrected chi connectivity index (χ0v) is 28.3. The van der Waals surface area contributed by atoms with Gasteiger partial charge in [0, 0.05) is 68.6 Å². The van der Waals surface area contributed by atoms with Gasteiger partial charge >= 0.3 is 0 Å². The van der Waals surface area contributed by atoms with Crippen LogP contribution in [0, 0.1) is 23.7 Å². The summed E-state index contributed by atoms with van der Waals surface area (Å²) in [7, 11) is 9.25. The highest BCUT2D eigenvalue weighted by Crippen LogP contribution is 2.38. The van der Waals surface area contributed by atoms with Crippen molar-refractivity contribution < 1.29 is 38.0 Å². The smallest absolute Gasteiger partial charge is 0.247 e. The molecule has 2 aromatic rings. The molecule has 0 bridgehead atoms. The third-order valence-electron chi connectivity index (χ3n) is 7.70. The van der Waals surface area contributed by atoms with E-state index in [4.69, 9.17) is 28.4 Å². The van der Waals surface area contributed by atoms with E-state index in [0.29, 0.717) is 71.8 Å². The summed E-state index contributed by atoms with van der Waals surface area (Å²) in [5, 5.41) is 0. The first-order valence-electron chi connectivity index (χ1n) is 14.6. The average molecular weight is 666 g/mol. The van der Waals surface area contributed by atoms with E-state index in [1.54, 1.807) is 74.7 Å². The number of nitrogens with zero attached hydrogens (tertiary/aromatic N) is 3. The van der Waals surface area contributed by atoms with Crippen LogP contribution in [0.15, 0.2) is 48.6 Å². The number of hydrogen-bond donors (Lipinski definition) is 0. The van der Waals surface area contributed by atoms with Crippen LogP contribution in [0.3, 0.4) is 0 Å². The molecule has 0 saturated carbocycles. The highest BCUT2D eigenvalue weighted by Gasteiger charge is 2.34. The van der Waals surface area contributed by atoms with Crippen molar-refractivity contribution in [2.45, 2.75) is 6.04 Å². The number of amides is 2. The molecule has 11 nitrogen and oxygen atoms in total. The Balaban J connectivity index is 0.00000600. The molecule has 0 aliphatic carbocycles. The Hall–Kier alpha value is -4.97. The summed E-state index contributed by atoms with van der Waals surface area (Å²) >= 11 is 0. The SMILES string of the molecule is COc1cc(C#C/C=C/C(=O)N2CCN3CCN(C(=O)/C=C/C#Cc4cc(OC)c(OC)c(OC)c4)CC3C2)cc(OC)c1OC.Cl. The van der Waals surface area contributed by atoms with Gasteiger partial charge in [0.15, 0.2) is 23.0 Å². The Morgan fingerprint density at radius 3 is 1.30 bits per heavy atom. The fraction of sp³-hybridized carbons (Fsp3) is 0.371. The molecule has 2 amide bonds. The van der Waals surface area contributed by atoms with Crippen LogP contribution in [0.5, 0.6) is 34.5 Å². The molecule has 2 aliphatic heterocycles. The van der Waals surface area contributed by atoms with E-state index in [1.165, 1.54) is 26.4 Å². The first-order chi connectivity index (χ1) is 22.3. The lowest BCUT2D eigenvalue weighted by Crippen LogP contribution is -2.63. The number of hydrogen-bond acceptors (Lipinski definition) is 9. The van der Waals surface area contributed by atoms with Gasteiger partial charge in [-0.15, -0.1) is 12.4 Å². The molecule has 4 rings (SSSR count). The number of carbonyl (C=O) groups excluding carboxylic acids is 2. The van der Waals surface area contributed by atoms with Crippen LogP contribution in [0.25, 0.3) is 0 Å². The van der Waals surface area contributed by atoms with Crippen molar-refractivity contribution in [3.05, 3.63) is 59.7 Å². The molecule has 2 fully saturated rings. The standard InChI is InChI=1S/C35H39N3O8.ClH/c1-41-28-19-25(20-29(42-2)34(28)45-5)11-7-9-13-32(39)37-17-15-36-16-18-38(24-27(36)23-37)33(40)14-10-8-12-26-21-30(43-3)35(46-6)31(22-26)44-4;/h9-10,13-14,19-22,27H,15-18,23-24H2,1-6H3;1H/b13-9+,14-10+;. The molecule has 0 N–H and O–H groups in total. The lowest BCUT2D eigenvalue weighted by atomic mass is 10.1. The van der Waals surface area contributed by atoms with E-state index in [-0.39, 0.29) is 30.3 Å². The predicted octanol–water partition coefficient (Wildman–Crippen LogP) is 3.03. The summed E-state index contributed by atoms with van der Waals surface area (Å²) in [4.78, 5) is 31.8. The molecule has 12 heteroatoms. The van der Waals surface area contributed by atoms with Crippen molar-refractivity contribution in [1.29, 1.82) is 0 Å². The molecule has 2 heterocycles. The fourth-order valence-corrected chi connectivity index (χ4v) is 5.35. The quantitative estimate of drug-likeness (QED) is 0.311. The third kappa shape index (κ3) is 9.07. The molecule has 0 spiro atoms. The molecule has 250 valence electrons. The third-order valence-corrected chi connectivity index (χ3v) is 7.70. The number of rotatable bonds is 8. The number of methoxy groups -OCH3 is 6. The molecule has 2 saturated heterocycles. The van der Waals surface area contributed by atoms with Gasteiger partial charge in [-0.25, -0.2) is 0 Å². The number of allylic oxidation sites excluding steroid dienone is 2. The maximum Gasteiger partial charge on any atom is 0.247 e. The normalized spacial score (nSPS) is 14.6. The molecule has 0 aromatic heterocycles. The van der Waals surface area contributed by atoms with Crippen molar-refractivity contribution in [3.8, 4) is 58.2 Å². The molecule has 47 heavy (non-hydrogen) atoms. The molecule has 0 radical (unpaired) electrons. The zero-order valence-electron chi connectivity index (χ0n) is 27.5. The highest BCUT2D eigenvalue weighted by atomic mass is 35.5. The lowest BCUT2D eigenvalue weighted by Gasteiger charge is -2.46. The molecular formula is C35H40ClN3O8. The number of fused-ring (bicyclic) bond motifs is 1. The summed E-state index contributed by atoms with van der Waals surface area (Å²) in [5.74, 6) is 14.6. The molecule has 0 atom stereocenters. The van der Waals surface area contributed by atoms with Gasteiger partial charge < -0.3 is 38.2 Å². The lowest BCUT2D eigenvalue weighted by molar-refractivity contribution is -0.133. The Morgan fingerprint density at radius 2 is 0.979 bits per heavy atom. The van der Waals surface area contributed by atoms with Crippen molar-refractivity contribution >= 4 is 24.2 Å². The number of carbonyl (C=O) groups is 2. The maximum atomic E-state index is 13.0. The average Bonchev–Trinajstić information content (AvgIpc) is 3.09. The van der Waals surface area contributed by atoms with Gasteiger partial charge in [0.2, 0.25) is 23.3 Å². The van der Waals surface area contributed by atoms with Gasteiger partial charge in [-0.2, -0.15) is 0 Å². The van der Waals surface area contributed by atoms with Gasteiger partial charge in [0.05, 0.1) is 42.7 Å². The molecule has 2 aliphatic rings. The Labute approximate surface area is 282 Å². The molecular weight excluding hydrogens is 626 g/mol. The predicted molar refractivity (Wildman–Crippen MR) is 180 cm³/mol. The Kier molecular flexibility index (Phi) is 13.7. The largest absolute Gasteiger partial charge is 0.493 e. The minimum Gasteiger partial charge on any atom is -0.493 e. The van der Waals surface area contributed by atoms with E-state index in [0.717, 1.165) is 13.1 Å². The molecule has 0 unspecified atom stereocenters. The van der Waals surface area contributed by atoms with Crippen molar-refractivity contribution in [2.24, 2.45) is 0 Å². The summed E-state index contributed by atoms with van der Waals surface area (Å²) in [6, 6.07) is 7.04. The van der Waals surface area contributed by atoms with Gasteiger partial charge in [-0.05, 0) is 36.4 Å². The number of piperazine rings is 2. The van der Waals surface area contributed by atoms with Crippen LogP contribution in [-0.4, -0.2) is 114 Å². The first-order valence-corrected chi connectivity index (χ1v) is 14.6.